The van der Waals surface area contributed by atoms with Gasteiger partial charge in [-0.05, 0) is 48.2 Å². The first kappa shape index (κ1) is 27.5. The maximum Gasteiger partial charge on any atom is 0.243 e. The number of thioether (sulfide) groups is 1. The molecule has 6 heteroatoms. The molecule has 0 radical (unpaired) electrons. The SMILES string of the molecule is O=C(NC1CCCCC1)C(Cc1ccccc1)N(Cc1ccc(Br)cc1)C(=O)CCSc1ccccc1. The van der Waals surface area contributed by atoms with Crippen molar-refractivity contribution in [2.75, 3.05) is 5.75 Å². The third-order valence-electron chi connectivity index (χ3n) is 6.82. The molecule has 2 amide bonds. The molecule has 0 heterocycles. The minimum Gasteiger partial charge on any atom is -0.352 e. The molecular formula is C31H35BrN2O2S. The topological polar surface area (TPSA) is 49.4 Å². The molecule has 1 unspecified atom stereocenters. The molecule has 4 nitrogen and oxygen atoms in total. The fraction of sp³-hybridized carbons (Fsp3) is 0.355. The molecular weight excluding hydrogens is 544 g/mol. The molecule has 1 aliphatic rings. The summed E-state index contributed by atoms with van der Waals surface area (Å²) in [7, 11) is 0. The number of benzene rings is 3. The Morgan fingerprint density at radius 3 is 2.19 bits per heavy atom. The fourth-order valence-corrected chi connectivity index (χ4v) is 5.93. The molecule has 3 aromatic rings. The number of rotatable bonds is 11. The second-order valence-corrected chi connectivity index (χ2v) is 11.7. The molecule has 0 saturated heterocycles. The predicted molar refractivity (Wildman–Crippen MR) is 155 cm³/mol. The van der Waals surface area contributed by atoms with Gasteiger partial charge in [0.25, 0.3) is 0 Å². The molecule has 0 aliphatic heterocycles. The van der Waals surface area contributed by atoms with Crippen molar-refractivity contribution in [2.24, 2.45) is 0 Å². The Bertz CT molecular complexity index is 1120. The lowest BCUT2D eigenvalue weighted by atomic mass is 9.94. The summed E-state index contributed by atoms with van der Waals surface area (Å²) in [5, 5.41) is 3.31. The molecule has 1 N–H and O–H groups in total. The van der Waals surface area contributed by atoms with Crippen molar-refractivity contribution >= 4 is 39.5 Å². The Morgan fingerprint density at radius 1 is 0.865 bits per heavy atom. The smallest absolute Gasteiger partial charge is 0.243 e. The summed E-state index contributed by atoms with van der Waals surface area (Å²) < 4.78 is 0.990. The molecule has 0 spiro atoms. The fourth-order valence-electron chi connectivity index (χ4n) is 4.80. The van der Waals surface area contributed by atoms with E-state index in [0.717, 1.165) is 46.2 Å². The van der Waals surface area contributed by atoms with Crippen LogP contribution in [0, 0.1) is 0 Å². The van der Waals surface area contributed by atoms with Gasteiger partial charge in [0.15, 0.2) is 0 Å². The van der Waals surface area contributed by atoms with Gasteiger partial charge in [0, 0.05) is 40.5 Å². The van der Waals surface area contributed by atoms with Crippen LogP contribution in [0.25, 0.3) is 0 Å². The summed E-state index contributed by atoms with van der Waals surface area (Å²) in [6, 6.07) is 27.8. The summed E-state index contributed by atoms with van der Waals surface area (Å²) in [5.41, 5.74) is 2.06. The summed E-state index contributed by atoms with van der Waals surface area (Å²) in [4.78, 5) is 30.5. The number of hydrogen-bond acceptors (Lipinski definition) is 3. The summed E-state index contributed by atoms with van der Waals surface area (Å²) >= 11 is 5.17. The van der Waals surface area contributed by atoms with E-state index in [1.54, 1.807) is 16.7 Å². The van der Waals surface area contributed by atoms with E-state index in [0.29, 0.717) is 25.1 Å². The van der Waals surface area contributed by atoms with Gasteiger partial charge in [0.2, 0.25) is 11.8 Å². The minimum atomic E-state index is -0.567. The van der Waals surface area contributed by atoms with Crippen LogP contribution in [0.1, 0.15) is 49.7 Å². The van der Waals surface area contributed by atoms with Crippen LogP contribution in [0.15, 0.2) is 94.3 Å². The predicted octanol–water partition coefficient (Wildman–Crippen LogP) is 7.02. The first-order chi connectivity index (χ1) is 18.1. The van der Waals surface area contributed by atoms with Crippen molar-refractivity contribution in [1.29, 1.82) is 0 Å². The molecule has 0 bridgehead atoms. The zero-order valence-electron chi connectivity index (χ0n) is 21.2. The van der Waals surface area contributed by atoms with E-state index in [1.165, 1.54) is 6.42 Å². The average molecular weight is 580 g/mol. The standard InChI is InChI=1S/C31H35BrN2O2S/c32-26-18-16-25(17-19-26)23-34(30(35)20-21-37-28-14-8-3-9-15-28)29(22-24-10-4-1-5-11-24)31(36)33-27-12-6-2-7-13-27/h1,3-5,8-11,14-19,27,29H,2,6-7,12-13,20-23H2,(H,33,36). The van der Waals surface area contributed by atoms with Gasteiger partial charge in [-0.2, -0.15) is 0 Å². The Balaban J connectivity index is 1.56. The van der Waals surface area contributed by atoms with Crippen LogP contribution in [-0.4, -0.2) is 34.6 Å². The third-order valence-corrected chi connectivity index (χ3v) is 8.36. The maximum absolute atomic E-state index is 13.8. The van der Waals surface area contributed by atoms with Gasteiger partial charge in [-0.15, -0.1) is 11.8 Å². The van der Waals surface area contributed by atoms with Gasteiger partial charge in [-0.1, -0.05) is 95.9 Å². The van der Waals surface area contributed by atoms with Crippen LogP contribution >= 0.6 is 27.7 Å². The van der Waals surface area contributed by atoms with E-state index in [2.05, 4.69) is 33.4 Å². The molecule has 1 fully saturated rings. The number of nitrogens with one attached hydrogen (secondary N) is 1. The zero-order chi connectivity index (χ0) is 25.9. The largest absolute Gasteiger partial charge is 0.352 e. The minimum absolute atomic E-state index is 0.00563. The van der Waals surface area contributed by atoms with E-state index in [9.17, 15) is 9.59 Å². The molecule has 1 atom stereocenters. The molecule has 3 aromatic carbocycles. The summed E-state index contributed by atoms with van der Waals surface area (Å²) in [6.45, 7) is 0.400. The highest BCUT2D eigenvalue weighted by molar-refractivity contribution is 9.10. The number of carbonyl (C=O) groups excluding carboxylic acids is 2. The van der Waals surface area contributed by atoms with E-state index in [-0.39, 0.29) is 17.9 Å². The Kier molecular flexibility index (Phi) is 10.7. The quantitative estimate of drug-likeness (QED) is 0.249. The maximum atomic E-state index is 13.8. The van der Waals surface area contributed by atoms with Gasteiger partial charge in [-0.3, -0.25) is 9.59 Å². The van der Waals surface area contributed by atoms with Crippen molar-refractivity contribution < 1.29 is 9.59 Å². The molecule has 1 aliphatic carbocycles. The molecule has 4 rings (SSSR count). The first-order valence-electron chi connectivity index (χ1n) is 13.1. The van der Waals surface area contributed by atoms with Gasteiger partial charge >= 0.3 is 0 Å². The average Bonchev–Trinajstić information content (AvgIpc) is 2.93. The highest BCUT2D eigenvalue weighted by Gasteiger charge is 2.31. The lowest BCUT2D eigenvalue weighted by molar-refractivity contribution is -0.141. The number of carbonyl (C=O) groups is 2. The van der Waals surface area contributed by atoms with Crippen molar-refractivity contribution in [1.82, 2.24) is 10.2 Å². The van der Waals surface area contributed by atoms with Crippen molar-refractivity contribution in [3.8, 4) is 0 Å². The van der Waals surface area contributed by atoms with E-state index in [1.807, 2.05) is 72.8 Å². The van der Waals surface area contributed by atoms with Crippen LogP contribution in [-0.2, 0) is 22.6 Å². The van der Waals surface area contributed by atoms with Crippen LogP contribution < -0.4 is 5.32 Å². The third kappa shape index (κ3) is 8.75. The Morgan fingerprint density at radius 2 is 1.51 bits per heavy atom. The Labute approximate surface area is 233 Å². The van der Waals surface area contributed by atoms with E-state index in [4.69, 9.17) is 0 Å². The van der Waals surface area contributed by atoms with Crippen LogP contribution in [0.2, 0.25) is 0 Å². The number of nitrogens with zero attached hydrogens (tertiary/aromatic N) is 1. The monoisotopic (exact) mass is 578 g/mol. The van der Waals surface area contributed by atoms with Crippen LogP contribution in [0.5, 0.6) is 0 Å². The van der Waals surface area contributed by atoms with Crippen molar-refractivity contribution in [2.45, 2.75) is 68.5 Å². The van der Waals surface area contributed by atoms with Gasteiger partial charge in [-0.25, -0.2) is 0 Å². The highest BCUT2D eigenvalue weighted by Crippen LogP contribution is 2.23. The summed E-state index contributed by atoms with van der Waals surface area (Å²) in [6.07, 6.45) is 6.41. The summed E-state index contributed by atoms with van der Waals surface area (Å²) in [5.74, 6) is 0.630. The van der Waals surface area contributed by atoms with Gasteiger partial charge in [0.1, 0.15) is 6.04 Å². The second kappa shape index (κ2) is 14.4. The van der Waals surface area contributed by atoms with Crippen molar-refractivity contribution in [3.05, 3.63) is 101 Å². The van der Waals surface area contributed by atoms with Gasteiger partial charge < -0.3 is 10.2 Å². The zero-order valence-corrected chi connectivity index (χ0v) is 23.6. The highest BCUT2D eigenvalue weighted by atomic mass is 79.9. The van der Waals surface area contributed by atoms with E-state index < -0.39 is 6.04 Å². The molecule has 37 heavy (non-hydrogen) atoms. The first-order valence-corrected chi connectivity index (χ1v) is 14.9. The molecule has 0 aromatic heterocycles. The Hall–Kier alpha value is -2.57. The van der Waals surface area contributed by atoms with Crippen LogP contribution in [0.4, 0.5) is 0 Å². The number of halogens is 1. The lowest BCUT2D eigenvalue weighted by Gasteiger charge is -2.33. The van der Waals surface area contributed by atoms with Gasteiger partial charge in [0.05, 0.1) is 0 Å². The van der Waals surface area contributed by atoms with Crippen LogP contribution in [0.3, 0.4) is 0 Å². The van der Waals surface area contributed by atoms with Crippen molar-refractivity contribution in [3.63, 3.8) is 0 Å². The molecule has 1 saturated carbocycles. The number of hydrogen-bond donors (Lipinski definition) is 1. The van der Waals surface area contributed by atoms with E-state index >= 15 is 0 Å². The molecule has 194 valence electrons. The second-order valence-electron chi connectivity index (χ2n) is 9.61. The normalized spacial score (nSPS) is 14.6. The lowest BCUT2D eigenvalue weighted by Crippen LogP contribution is -2.52. The number of amides is 2.